The van der Waals surface area contributed by atoms with Crippen molar-refractivity contribution >= 4 is 74.8 Å². The number of nitriles is 1. The predicted octanol–water partition coefficient (Wildman–Crippen LogP) is 4.92. The molecule has 0 aliphatic heterocycles. The van der Waals surface area contributed by atoms with Crippen molar-refractivity contribution in [3.05, 3.63) is 23.7 Å². The lowest BCUT2D eigenvalue weighted by atomic mass is 10.3. The molecule has 0 atom stereocenters. The van der Waals surface area contributed by atoms with Gasteiger partial charge in [0.05, 0.1) is 20.5 Å². The molecule has 17 heavy (non-hydrogen) atoms. The van der Waals surface area contributed by atoms with Gasteiger partial charge in [-0.05, 0) is 70.6 Å². The molecule has 0 unspecified atom stereocenters. The minimum atomic E-state index is 0.279. The summed E-state index contributed by atoms with van der Waals surface area (Å²) in [5.41, 5.74) is 1.74. The Labute approximate surface area is 132 Å². The van der Waals surface area contributed by atoms with E-state index in [4.69, 9.17) is 5.26 Å². The first kappa shape index (κ1) is 13.5. The van der Waals surface area contributed by atoms with E-state index in [1.54, 1.807) is 0 Å². The zero-order valence-corrected chi connectivity index (χ0v) is 14.9. The molecule has 3 nitrogen and oxygen atoms in total. The molecule has 2 rings (SSSR count). The minimum Gasteiger partial charge on any atom is -0.313 e. The second kappa shape index (κ2) is 5.00. The average Bonchev–Trinajstić information content (AvgIpc) is 2.62. The van der Waals surface area contributed by atoms with Gasteiger partial charge in [-0.1, -0.05) is 0 Å². The summed E-state index contributed by atoms with van der Waals surface area (Å²) in [7, 11) is 0. The quantitative estimate of drug-likeness (QED) is 0.424. The van der Waals surface area contributed by atoms with Gasteiger partial charge in [-0.15, -0.1) is 0 Å². The van der Waals surface area contributed by atoms with E-state index in [1.807, 2.05) is 11.5 Å². The lowest BCUT2D eigenvalue weighted by Gasteiger charge is -2.07. The van der Waals surface area contributed by atoms with Gasteiger partial charge in [0.1, 0.15) is 17.9 Å². The number of benzene rings is 1. The van der Waals surface area contributed by atoms with E-state index in [1.165, 1.54) is 0 Å². The van der Waals surface area contributed by atoms with Crippen LogP contribution in [0, 0.1) is 18.3 Å². The van der Waals surface area contributed by atoms with Gasteiger partial charge in [0.2, 0.25) is 0 Å². The highest BCUT2D eigenvalue weighted by Crippen LogP contribution is 2.43. The molecule has 0 fully saturated rings. The first-order valence-electron chi connectivity index (χ1n) is 4.54. The third kappa shape index (κ3) is 2.09. The third-order valence-electron chi connectivity index (χ3n) is 2.38. The maximum atomic E-state index is 8.86. The van der Waals surface area contributed by atoms with Crippen LogP contribution in [0.3, 0.4) is 0 Å². The van der Waals surface area contributed by atoms with Gasteiger partial charge in [0.25, 0.3) is 0 Å². The summed E-state index contributed by atoms with van der Waals surface area (Å²) in [6, 6.07) is 2.14. The Morgan fingerprint density at radius 3 is 2.29 bits per heavy atom. The molecule has 2 aromatic rings. The van der Waals surface area contributed by atoms with E-state index >= 15 is 0 Å². The molecule has 88 valence electrons. The average molecular weight is 487 g/mol. The van der Waals surface area contributed by atoms with Crippen LogP contribution in [0.5, 0.6) is 0 Å². The van der Waals surface area contributed by atoms with E-state index in [-0.39, 0.29) is 6.54 Å². The van der Waals surface area contributed by atoms with Gasteiger partial charge < -0.3 is 4.57 Å². The van der Waals surface area contributed by atoms with Crippen LogP contribution in [0.4, 0.5) is 0 Å². The SMILES string of the molecule is Cc1nc2c(Br)c(Br)c(Br)c(Br)c2n1CC#N. The van der Waals surface area contributed by atoms with Crippen molar-refractivity contribution < 1.29 is 0 Å². The number of halogens is 4. The van der Waals surface area contributed by atoms with Gasteiger partial charge in [-0.25, -0.2) is 4.98 Å². The Balaban J connectivity index is 2.97. The molecule has 0 bridgehead atoms. The molecule has 0 saturated carbocycles. The number of hydrogen-bond donors (Lipinski definition) is 0. The lowest BCUT2D eigenvalue weighted by Crippen LogP contribution is -1.98. The van der Waals surface area contributed by atoms with Crippen LogP contribution in [-0.2, 0) is 6.54 Å². The maximum Gasteiger partial charge on any atom is 0.112 e. The highest BCUT2D eigenvalue weighted by Gasteiger charge is 2.19. The minimum absolute atomic E-state index is 0.279. The van der Waals surface area contributed by atoms with E-state index in [0.29, 0.717) is 0 Å². The van der Waals surface area contributed by atoms with Crippen molar-refractivity contribution in [3.8, 4) is 6.07 Å². The summed E-state index contributed by atoms with van der Waals surface area (Å²) >= 11 is 14.0. The molecular weight excluding hydrogens is 482 g/mol. The zero-order chi connectivity index (χ0) is 12.7. The van der Waals surface area contributed by atoms with Crippen LogP contribution in [0.1, 0.15) is 5.82 Å². The fraction of sp³-hybridized carbons (Fsp3) is 0.200. The molecule has 0 amide bonds. The molecule has 0 radical (unpaired) electrons. The summed E-state index contributed by atoms with van der Waals surface area (Å²) in [4.78, 5) is 4.48. The molecule has 1 heterocycles. The third-order valence-corrected chi connectivity index (χ3v) is 7.11. The van der Waals surface area contributed by atoms with Gasteiger partial charge in [0.15, 0.2) is 0 Å². The summed E-state index contributed by atoms with van der Waals surface area (Å²) in [5, 5.41) is 8.86. The Morgan fingerprint density at radius 2 is 1.71 bits per heavy atom. The Kier molecular flexibility index (Phi) is 3.98. The molecular formula is C10H5Br4N3. The van der Waals surface area contributed by atoms with Crippen molar-refractivity contribution in [2.75, 3.05) is 0 Å². The zero-order valence-electron chi connectivity index (χ0n) is 8.56. The monoisotopic (exact) mass is 483 g/mol. The number of nitrogens with zero attached hydrogens (tertiary/aromatic N) is 3. The first-order valence-corrected chi connectivity index (χ1v) is 7.72. The Morgan fingerprint density at radius 1 is 1.12 bits per heavy atom. The topological polar surface area (TPSA) is 41.6 Å². The largest absolute Gasteiger partial charge is 0.313 e. The summed E-state index contributed by atoms with van der Waals surface area (Å²) < 4.78 is 5.44. The van der Waals surface area contributed by atoms with Gasteiger partial charge in [-0.2, -0.15) is 5.26 Å². The van der Waals surface area contributed by atoms with Gasteiger partial charge >= 0.3 is 0 Å². The molecule has 0 N–H and O–H groups in total. The van der Waals surface area contributed by atoms with E-state index in [2.05, 4.69) is 74.8 Å². The predicted molar refractivity (Wildman–Crippen MR) is 80.9 cm³/mol. The van der Waals surface area contributed by atoms with Crippen LogP contribution in [0.2, 0.25) is 0 Å². The van der Waals surface area contributed by atoms with Gasteiger partial charge in [0, 0.05) is 8.95 Å². The Bertz CT molecular complexity index is 654. The number of fused-ring (bicyclic) bond motifs is 1. The van der Waals surface area contributed by atoms with Crippen molar-refractivity contribution in [3.63, 3.8) is 0 Å². The molecule has 0 spiro atoms. The number of rotatable bonds is 1. The van der Waals surface area contributed by atoms with Crippen LogP contribution >= 0.6 is 63.7 Å². The second-order valence-corrected chi connectivity index (χ2v) is 6.53. The highest BCUT2D eigenvalue weighted by molar-refractivity contribution is 9.15. The smallest absolute Gasteiger partial charge is 0.112 e. The van der Waals surface area contributed by atoms with Crippen LogP contribution in [0.25, 0.3) is 11.0 Å². The highest BCUT2D eigenvalue weighted by atomic mass is 79.9. The molecule has 0 aliphatic rings. The summed E-state index contributed by atoms with van der Waals surface area (Å²) in [6.45, 7) is 2.17. The number of aromatic nitrogens is 2. The van der Waals surface area contributed by atoms with E-state index in [0.717, 1.165) is 34.7 Å². The molecule has 1 aromatic carbocycles. The normalized spacial score (nSPS) is 10.8. The fourth-order valence-electron chi connectivity index (χ4n) is 1.61. The van der Waals surface area contributed by atoms with Crippen LogP contribution in [-0.4, -0.2) is 9.55 Å². The summed E-state index contributed by atoms with van der Waals surface area (Å²) in [6.07, 6.45) is 0. The van der Waals surface area contributed by atoms with E-state index < -0.39 is 0 Å². The fourth-order valence-corrected chi connectivity index (χ4v) is 3.98. The van der Waals surface area contributed by atoms with Crippen molar-refractivity contribution in [1.29, 1.82) is 5.26 Å². The number of aryl methyl sites for hydroxylation is 1. The molecule has 0 aliphatic carbocycles. The summed E-state index contributed by atoms with van der Waals surface area (Å²) in [5.74, 6) is 0.813. The molecule has 0 saturated heterocycles. The molecule has 1 aromatic heterocycles. The first-order chi connectivity index (χ1) is 7.99. The van der Waals surface area contributed by atoms with Crippen molar-refractivity contribution in [2.24, 2.45) is 0 Å². The standard InChI is InChI=1S/C10H5Br4N3/c1-4-16-9-7(13)5(11)6(12)8(14)10(9)17(4)3-2-15/h3H2,1H3. The van der Waals surface area contributed by atoms with Crippen LogP contribution in [0.15, 0.2) is 17.9 Å². The van der Waals surface area contributed by atoms with E-state index in [9.17, 15) is 0 Å². The maximum absolute atomic E-state index is 8.86. The van der Waals surface area contributed by atoms with Crippen LogP contribution < -0.4 is 0 Å². The van der Waals surface area contributed by atoms with Crippen molar-refractivity contribution in [2.45, 2.75) is 13.5 Å². The van der Waals surface area contributed by atoms with Crippen molar-refractivity contribution in [1.82, 2.24) is 9.55 Å². The molecule has 7 heteroatoms. The number of hydrogen-bond acceptors (Lipinski definition) is 2. The van der Waals surface area contributed by atoms with Gasteiger partial charge in [-0.3, -0.25) is 0 Å². The second-order valence-electron chi connectivity index (χ2n) is 3.36. The number of imidazole rings is 1. The lowest BCUT2D eigenvalue weighted by molar-refractivity contribution is 0.814. The Hall–Kier alpha value is 0.1000.